The number of benzene rings is 1. The molecule has 158 valence electrons. The maximum atomic E-state index is 6.27. The van der Waals surface area contributed by atoms with Gasteiger partial charge in [-0.1, -0.05) is 51.6 Å². The van der Waals surface area contributed by atoms with Gasteiger partial charge in [0, 0.05) is 18.7 Å². The van der Waals surface area contributed by atoms with Gasteiger partial charge in [0.05, 0.1) is 28.5 Å². The van der Waals surface area contributed by atoms with Gasteiger partial charge in [-0.15, -0.1) is 0 Å². The summed E-state index contributed by atoms with van der Waals surface area (Å²) in [5, 5.41) is 4.64. The van der Waals surface area contributed by atoms with Crippen molar-refractivity contribution in [3.05, 3.63) is 32.7 Å². The molecule has 0 aliphatic heterocycles. The van der Waals surface area contributed by atoms with Gasteiger partial charge in [0.25, 0.3) is 0 Å². The summed E-state index contributed by atoms with van der Waals surface area (Å²) >= 11 is 23.6. The molecule has 0 saturated heterocycles. The lowest BCUT2D eigenvalue weighted by atomic mass is 10.2. The van der Waals surface area contributed by atoms with E-state index in [0.29, 0.717) is 41.4 Å². The molecule has 0 amide bonds. The summed E-state index contributed by atoms with van der Waals surface area (Å²) in [5.41, 5.74) is 0.802. The lowest BCUT2D eigenvalue weighted by Crippen LogP contribution is -2.14. The first-order valence-electron chi connectivity index (χ1n) is 8.86. The summed E-state index contributed by atoms with van der Waals surface area (Å²) in [7, 11) is 0. The van der Waals surface area contributed by atoms with E-state index in [1.807, 2.05) is 20.8 Å². The molecule has 0 spiro atoms. The van der Waals surface area contributed by atoms with Crippen LogP contribution in [0, 0.1) is 0 Å². The Hall–Kier alpha value is -0.850. The van der Waals surface area contributed by atoms with Gasteiger partial charge in [0.15, 0.2) is 5.75 Å². The van der Waals surface area contributed by atoms with Crippen LogP contribution in [0.15, 0.2) is 27.9 Å². The molecule has 28 heavy (non-hydrogen) atoms. The van der Waals surface area contributed by atoms with E-state index in [2.05, 4.69) is 5.16 Å². The number of hydrogen-bond acceptors (Lipinski definition) is 5. The average Bonchev–Trinajstić information content (AvgIpc) is 2.62. The number of ether oxygens (including phenoxy) is 3. The van der Waals surface area contributed by atoms with Gasteiger partial charge in [-0.05, 0) is 39.7 Å². The third-order valence-corrected chi connectivity index (χ3v) is 4.21. The highest BCUT2D eigenvalue weighted by molar-refractivity contribution is 6.55. The summed E-state index contributed by atoms with van der Waals surface area (Å²) < 4.78 is 17.0. The average molecular weight is 473 g/mol. The van der Waals surface area contributed by atoms with Crippen LogP contribution in [-0.4, -0.2) is 38.2 Å². The van der Waals surface area contributed by atoms with E-state index in [-0.39, 0.29) is 17.2 Å². The van der Waals surface area contributed by atoms with E-state index < -0.39 is 0 Å². The van der Waals surface area contributed by atoms with Crippen molar-refractivity contribution >= 4 is 52.1 Å². The maximum absolute atomic E-state index is 6.27. The topological polar surface area (TPSA) is 49.3 Å². The Labute approximate surface area is 186 Å². The molecule has 5 nitrogen and oxygen atoms in total. The Morgan fingerprint density at radius 1 is 1.21 bits per heavy atom. The molecule has 1 unspecified atom stereocenters. The fourth-order valence-electron chi connectivity index (χ4n) is 2.09. The number of nitrogens with zero attached hydrogens (tertiary/aromatic N) is 1. The van der Waals surface area contributed by atoms with Crippen LogP contribution in [0.2, 0.25) is 10.0 Å². The number of oxime groups is 1. The molecular weight excluding hydrogens is 448 g/mol. The molecule has 0 saturated carbocycles. The molecule has 0 heterocycles. The van der Waals surface area contributed by atoms with Crippen LogP contribution < -0.4 is 9.47 Å². The van der Waals surface area contributed by atoms with Crippen molar-refractivity contribution < 1.29 is 19.0 Å². The Bertz CT molecular complexity index is 640. The largest absolute Gasteiger partial charge is 0.489 e. The molecule has 1 atom stereocenters. The SMILES string of the molecule is CCON=C(C)COCCCC(C)Oc1c(Cl)cc(OCC=C(Cl)Cl)cc1Cl. The van der Waals surface area contributed by atoms with E-state index in [1.165, 1.54) is 6.08 Å². The first kappa shape index (κ1) is 25.2. The van der Waals surface area contributed by atoms with E-state index >= 15 is 0 Å². The normalized spacial score (nSPS) is 12.5. The molecule has 9 heteroatoms. The van der Waals surface area contributed by atoms with E-state index in [4.69, 9.17) is 65.5 Å². The predicted octanol–water partition coefficient (Wildman–Crippen LogP) is 6.67. The van der Waals surface area contributed by atoms with Crippen LogP contribution in [0.1, 0.15) is 33.6 Å². The fraction of sp³-hybridized carbons (Fsp3) is 0.526. The third-order valence-electron chi connectivity index (χ3n) is 3.34. The fourth-order valence-corrected chi connectivity index (χ4v) is 2.77. The lowest BCUT2D eigenvalue weighted by molar-refractivity contribution is 0.133. The van der Waals surface area contributed by atoms with Crippen LogP contribution in [0.4, 0.5) is 0 Å². The first-order valence-corrected chi connectivity index (χ1v) is 10.4. The van der Waals surface area contributed by atoms with Gasteiger partial charge in [0.2, 0.25) is 0 Å². The minimum absolute atomic E-state index is 0.0819. The summed E-state index contributed by atoms with van der Waals surface area (Å²) in [5.74, 6) is 0.924. The highest BCUT2D eigenvalue weighted by atomic mass is 35.5. The van der Waals surface area contributed by atoms with Crippen LogP contribution in [0.3, 0.4) is 0 Å². The Morgan fingerprint density at radius 3 is 2.50 bits per heavy atom. The molecule has 0 fully saturated rings. The van der Waals surface area contributed by atoms with Crippen molar-refractivity contribution in [2.24, 2.45) is 5.16 Å². The van der Waals surface area contributed by atoms with Crippen molar-refractivity contribution in [1.82, 2.24) is 0 Å². The van der Waals surface area contributed by atoms with Gasteiger partial charge in [-0.3, -0.25) is 0 Å². The van der Waals surface area contributed by atoms with Gasteiger partial charge in [0.1, 0.15) is 23.5 Å². The molecule has 1 aromatic carbocycles. The molecule has 0 aliphatic carbocycles. The monoisotopic (exact) mass is 471 g/mol. The van der Waals surface area contributed by atoms with Gasteiger partial charge in [-0.25, -0.2) is 0 Å². The summed E-state index contributed by atoms with van der Waals surface area (Å²) in [6, 6.07) is 3.27. The minimum Gasteiger partial charge on any atom is -0.489 e. The maximum Gasteiger partial charge on any atom is 0.157 e. The van der Waals surface area contributed by atoms with E-state index in [1.54, 1.807) is 12.1 Å². The quantitative estimate of drug-likeness (QED) is 0.183. The molecule has 0 bridgehead atoms. The third kappa shape index (κ3) is 10.6. The Morgan fingerprint density at radius 2 is 1.89 bits per heavy atom. The Balaban J connectivity index is 2.42. The zero-order valence-electron chi connectivity index (χ0n) is 16.1. The van der Waals surface area contributed by atoms with Crippen molar-refractivity contribution in [2.45, 2.75) is 39.7 Å². The zero-order valence-corrected chi connectivity index (χ0v) is 19.2. The second-order valence-electron chi connectivity index (χ2n) is 5.89. The molecule has 0 N–H and O–H groups in total. The van der Waals surface area contributed by atoms with Crippen molar-refractivity contribution in [2.75, 3.05) is 26.4 Å². The molecule has 1 rings (SSSR count). The van der Waals surface area contributed by atoms with Crippen molar-refractivity contribution in [1.29, 1.82) is 0 Å². The lowest BCUT2D eigenvalue weighted by Gasteiger charge is -2.17. The zero-order chi connectivity index (χ0) is 20.9. The summed E-state index contributed by atoms with van der Waals surface area (Å²) in [4.78, 5) is 4.96. The van der Waals surface area contributed by atoms with Crippen molar-refractivity contribution in [3.8, 4) is 11.5 Å². The molecular formula is C19H25Cl4NO4. The highest BCUT2D eigenvalue weighted by Crippen LogP contribution is 2.37. The highest BCUT2D eigenvalue weighted by Gasteiger charge is 2.14. The number of halogens is 4. The standard InChI is InChI=1S/C19H25Cl4NO4/c1-4-27-24-13(2)12-25-8-5-6-14(3)28-19-16(20)10-15(11-17(19)21)26-9-7-18(22)23/h7,10-11,14H,4-6,8-9,12H2,1-3H3. The molecule has 0 aliphatic rings. The Kier molecular flexibility index (Phi) is 12.8. The smallest absolute Gasteiger partial charge is 0.157 e. The van der Waals surface area contributed by atoms with Crippen LogP contribution in [0.25, 0.3) is 0 Å². The van der Waals surface area contributed by atoms with Crippen LogP contribution in [0.5, 0.6) is 11.5 Å². The second kappa shape index (κ2) is 14.2. The minimum atomic E-state index is -0.0819. The summed E-state index contributed by atoms with van der Waals surface area (Å²) in [6.45, 7) is 7.48. The van der Waals surface area contributed by atoms with Gasteiger partial charge < -0.3 is 19.0 Å². The molecule has 0 aromatic heterocycles. The number of hydrogen-bond donors (Lipinski definition) is 0. The molecule has 1 aromatic rings. The van der Waals surface area contributed by atoms with Gasteiger partial charge >= 0.3 is 0 Å². The van der Waals surface area contributed by atoms with Crippen LogP contribution >= 0.6 is 46.4 Å². The van der Waals surface area contributed by atoms with Gasteiger partial charge in [-0.2, -0.15) is 0 Å². The van der Waals surface area contributed by atoms with Crippen molar-refractivity contribution in [3.63, 3.8) is 0 Å². The van der Waals surface area contributed by atoms with Crippen LogP contribution in [-0.2, 0) is 9.57 Å². The van der Waals surface area contributed by atoms with E-state index in [0.717, 1.165) is 18.6 Å². The summed E-state index contributed by atoms with van der Waals surface area (Å²) in [6.07, 6.45) is 3.04. The predicted molar refractivity (Wildman–Crippen MR) is 117 cm³/mol. The van der Waals surface area contributed by atoms with E-state index in [9.17, 15) is 0 Å². The number of rotatable bonds is 13. The second-order valence-corrected chi connectivity index (χ2v) is 7.71. The molecule has 0 radical (unpaired) electrons. The first-order chi connectivity index (χ1) is 13.3.